The zero-order chi connectivity index (χ0) is 14.4. The van der Waals surface area contributed by atoms with Crippen LogP contribution in [0.3, 0.4) is 0 Å². The molecule has 2 saturated carbocycles. The lowest BCUT2D eigenvalue weighted by Gasteiger charge is -2.32. The molecular weight excluding hydrogens is 244 g/mol. The molecule has 0 spiro atoms. The van der Waals surface area contributed by atoms with Gasteiger partial charge in [0.25, 0.3) is 0 Å². The SMILES string of the molecule is CCN(CC)CCCC(C)NC1CCCC(C2CC2)C1. The summed E-state index contributed by atoms with van der Waals surface area (Å²) in [5.74, 6) is 2.17. The lowest BCUT2D eigenvalue weighted by Crippen LogP contribution is -2.40. The average Bonchev–Trinajstić information content (AvgIpc) is 3.28. The van der Waals surface area contributed by atoms with Crippen LogP contribution in [-0.4, -0.2) is 36.6 Å². The molecule has 0 saturated heterocycles. The molecule has 2 heteroatoms. The predicted octanol–water partition coefficient (Wildman–Crippen LogP) is 4.06. The first-order valence-corrected chi connectivity index (χ1v) is 9.21. The molecule has 2 fully saturated rings. The van der Waals surface area contributed by atoms with E-state index < -0.39 is 0 Å². The fourth-order valence-electron chi connectivity index (χ4n) is 4.02. The van der Waals surface area contributed by atoms with Crippen LogP contribution in [0.2, 0.25) is 0 Å². The van der Waals surface area contributed by atoms with Crippen molar-refractivity contribution in [3.8, 4) is 0 Å². The van der Waals surface area contributed by atoms with Gasteiger partial charge >= 0.3 is 0 Å². The number of nitrogens with one attached hydrogen (secondary N) is 1. The van der Waals surface area contributed by atoms with Crippen LogP contribution in [0.4, 0.5) is 0 Å². The van der Waals surface area contributed by atoms with Crippen LogP contribution < -0.4 is 5.32 Å². The molecule has 0 aromatic heterocycles. The highest BCUT2D eigenvalue weighted by molar-refractivity contribution is 4.88. The predicted molar refractivity (Wildman–Crippen MR) is 88.1 cm³/mol. The smallest absolute Gasteiger partial charge is 0.00722 e. The van der Waals surface area contributed by atoms with E-state index in [0.29, 0.717) is 6.04 Å². The maximum atomic E-state index is 3.92. The van der Waals surface area contributed by atoms with Gasteiger partial charge in [-0.2, -0.15) is 0 Å². The lowest BCUT2D eigenvalue weighted by molar-refractivity contribution is 0.240. The van der Waals surface area contributed by atoms with Crippen molar-refractivity contribution in [3.63, 3.8) is 0 Å². The Hall–Kier alpha value is -0.0800. The highest BCUT2D eigenvalue weighted by atomic mass is 15.1. The Kier molecular flexibility index (Phi) is 6.83. The van der Waals surface area contributed by atoms with E-state index in [1.165, 1.54) is 71.0 Å². The molecule has 2 aliphatic carbocycles. The molecule has 118 valence electrons. The molecule has 0 radical (unpaired) electrons. The van der Waals surface area contributed by atoms with Crippen molar-refractivity contribution in [2.24, 2.45) is 11.8 Å². The Morgan fingerprint density at radius 1 is 1.05 bits per heavy atom. The van der Waals surface area contributed by atoms with E-state index in [9.17, 15) is 0 Å². The summed E-state index contributed by atoms with van der Waals surface area (Å²) < 4.78 is 0. The van der Waals surface area contributed by atoms with Gasteiger partial charge in [0.05, 0.1) is 0 Å². The van der Waals surface area contributed by atoms with Crippen LogP contribution in [0.5, 0.6) is 0 Å². The fourth-order valence-corrected chi connectivity index (χ4v) is 4.02. The van der Waals surface area contributed by atoms with E-state index in [0.717, 1.165) is 17.9 Å². The quantitative estimate of drug-likeness (QED) is 0.685. The van der Waals surface area contributed by atoms with Crippen molar-refractivity contribution in [2.75, 3.05) is 19.6 Å². The molecule has 0 aromatic carbocycles. The molecule has 3 atom stereocenters. The van der Waals surface area contributed by atoms with Crippen LogP contribution in [0.15, 0.2) is 0 Å². The summed E-state index contributed by atoms with van der Waals surface area (Å²) in [6, 6.07) is 1.52. The van der Waals surface area contributed by atoms with Gasteiger partial charge in [0.1, 0.15) is 0 Å². The number of nitrogens with zero attached hydrogens (tertiary/aromatic N) is 1. The number of rotatable bonds is 9. The summed E-state index contributed by atoms with van der Waals surface area (Å²) in [5, 5.41) is 3.92. The molecule has 2 nitrogen and oxygen atoms in total. The number of hydrogen-bond acceptors (Lipinski definition) is 2. The second-order valence-electron chi connectivity index (χ2n) is 7.20. The maximum Gasteiger partial charge on any atom is 0.00722 e. The third-order valence-electron chi connectivity index (χ3n) is 5.53. The van der Waals surface area contributed by atoms with Gasteiger partial charge in [-0.25, -0.2) is 0 Å². The van der Waals surface area contributed by atoms with Crippen molar-refractivity contribution in [2.45, 2.75) is 84.2 Å². The standard InChI is InChI=1S/C18H36N2/c1-4-20(5-2)13-7-8-15(3)19-18-10-6-9-17(14-18)16-11-12-16/h15-19H,4-14H2,1-3H3. The van der Waals surface area contributed by atoms with Gasteiger partial charge in [0.2, 0.25) is 0 Å². The van der Waals surface area contributed by atoms with E-state index in [1.54, 1.807) is 0 Å². The third kappa shape index (κ3) is 5.37. The summed E-state index contributed by atoms with van der Waals surface area (Å²) in [4.78, 5) is 2.54. The molecular formula is C18H36N2. The van der Waals surface area contributed by atoms with Crippen LogP contribution >= 0.6 is 0 Å². The molecule has 3 unspecified atom stereocenters. The molecule has 0 bridgehead atoms. The molecule has 2 aliphatic rings. The first-order valence-electron chi connectivity index (χ1n) is 9.21. The summed E-state index contributed by atoms with van der Waals surface area (Å²) in [6.45, 7) is 10.6. The minimum Gasteiger partial charge on any atom is -0.311 e. The Balaban J connectivity index is 1.59. The second-order valence-corrected chi connectivity index (χ2v) is 7.20. The Labute approximate surface area is 126 Å². The molecule has 2 rings (SSSR count). The highest BCUT2D eigenvalue weighted by Crippen LogP contribution is 2.43. The van der Waals surface area contributed by atoms with Gasteiger partial charge in [0, 0.05) is 12.1 Å². The van der Waals surface area contributed by atoms with Crippen molar-refractivity contribution in [1.29, 1.82) is 0 Å². The van der Waals surface area contributed by atoms with Gasteiger partial charge in [-0.15, -0.1) is 0 Å². The van der Waals surface area contributed by atoms with E-state index >= 15 is 0 Å². The molecule has 0 amide bonds. The molecule has 0 heterocycles. The summed E-state index contributed by atoms with van der Waals surface area (Å²) in [6.07, 6.45) is 11.6. The molecule has 0 aromatic rings. The van der Waals surface area contributed by atoms with Gasteiger partial charge in [-0.1, -0.05) is 26.7 Å². The van der Waals surface area contributed by atoms with E-state index in [2.05, 4.69) is 31.0 Å². The van der Waals surface area contributed by atoms with Gasteiger partial charge in [-0.05, 0) is 76.9 Å². The highest BCUT2D eigenvalue weighted by Gasteiger charge is 2.34. The minimum atomic E-state index is 0.702. The zero-order valence-corrected chi connectivity index (χ0v) is 14.0. The zero-order valence-electron chi connectivity index (χ0n) is 14.0. The Bertz CT molecular complexity index is 258. The van der Waals surface area contributed by atoms with E-state index in [-0.39, 0.29) is 0 Å². The molecule has 1 N–H and O–H groups in total. The average molecular weight is 281 g/mol. The van der Waals surface area contributed by atoms with Crippen molar-refractivity contribution in [3.05, 3.63) is 0 Å². The van der Waals surface area contributed by atoms with Crippen LogP contribution in [0.1, 0.15) is 72.1 Å². The van der Waals surface area contributed by atoms with Gasteiger partial charge < -0.3 is 10.2 Å². The fraction of sp³-hybridized carbons (Fsp3) is 1.00. The van der Waals surface area contributed by atoms with Crippen LogP contribution in [0.25, 0.3) is 0 Å². The second kappa shape index (κ2) is 8.38. The Morgan fingerprint density at radius 3 is 2.45 bits per heavy atom. The lowest BCUT2D eigenvalue weighted by atomic mass is 9.82. The molecule has 20 heavy (non-hydrogen) atoms. The largest absolute Gasteiger partial charge is 0.311 e. The van der Waals surface area contributed by atoms with E-state index in [1.807, 2.05) is 0 Å². The molecule has 0 aliphatic heterocycles. The summed E-state index contributed by atoms with van der Waals surface area (Å²) in [5.41, 5.74) is 0. The minimum absolute atomic E-state index is 0.702. The van der Waals surface area contributed by atoms with Crippen molar-refractivity contribution < 1.29 is 0 Å². The van der Waals surface area contributed by atoms with Gasteiger partial charge in [-0.3, -0.25) is 0 Å². The summed E-state index contributed by atoms with van der Waals surface area (Å²) >= 11 is 0. The Morgan fingerprint density at radius 2 is 1.80 bits per heavy atom. The third-order valence-corrected chi connectivity index (χ3v) is 5.53. The van der Waals surface area contributed by atoms with Crippen LogP contribution in [-0.2, 0) is 0 Å². The summed E-state index contributed by atoms with van der Waals surface area (Å²) in [7, 11) is 0. The first-order chi connectivity index (χ1) is 9.72. The maximum absolute atomic E-state index is 3.92. The monoisotopic (exact) mass is 280 g/mol. The topological polar surface area (TPSA) is 15.3 Å². The normalized spacial score (nSPS) is 28.8. The van der Waals surface area contributed by atoms with Crippen molar-refractivity contribution in [1.82, 2.24) is 10.2 Å². The van der Waals surface area contributed by atoms with Crippen LogP contribution in [0, 0.1) is 11.8 Å². The van der Waals surface area contributed by atoms with Gasteiger partial charge in [0.15, 0.2) is 0 Å². The van der Waals surface area contributed by atoms with Crippen molar-refractivity contribution >= 4 is 0 Å². The number of hydrogen-bond donors (Lipinski definition) is 1. The van der Waals surface area contributed by atoms with E-state index in [4.69, 9.17) is 0 Å². The first kappa shape index (κ1) is 16.3.